The molecule has 0 radical (unpaired) electrons. The highest BCUT2D eigenvalue weighted by molar-refractivity contribution is 7.84. The van der Waals surface area contributed by atoms with Gasteiger partial charge in [-0.05, 0) is 12.1 Å². The second kappa shape index (κ2) is 7.65. The zero-order chi connectivity index (χ0) is 16.1. The molecule has 0 aliphatic rings. The summed E-state index contributed by atoms with van der Waals surface area (Å²) in [6.07, 6.45) is 0. The Morgan fingerprint density at radius 3 is 2.59 bits per heavy atom. The molecule has 0 bridgehead atoms. The average Bonchev–Trinajstić information content (AvgIpc) is 2.95. The molecule has 0 saturated heterocycles. The van der Waals surface area contributed by atoms with Crippen molar-refractivity contribution in [1.29, 1.82) is 0 Å². The molecule has 1 aromatic heterocycles. The van der Waals surface area contributed by atoms with E-state index in [4.69, 9.17) is 0 Å². The summed E-state index contributed by atoms with van der Waals surface area (Å²) < 4.78 is 12.2. The lowest BCUT2D eigenvalue weighted by atomic mass is 10.2. The summed E-state index contributed by atoms with van der Waals surface area (Å²) in [5.74, 6) is 0.569. The fourth-order valence-corrected chi connectivity index (χ4v) is 3.89. The van der Waals surface area contributed by atoms with Crippen LogP contribution in [-0.2, 0) is 21.3 Å². The molecule has 1 atom stereocenters. The number of aromatic nitrogens is 1. The van der Waals surface area contributed by atoms with Gasteiger partial charge in [0.25, 0.3) is 0 Å². The highest BCUT2D eigenvalue weighted by Gasteiger charge is 2.16. The Bertz CT molecular complexity index is 653. The van der Waals surface area contributed by atoms with Crippen molar-refractivity contribution in [2.75, 3.05) is 17.7 Å². The number of carbonyl (C=O) groups excluding carboxylic acids is 1. The minimum absolute atomic E-state index is 0.0138. The van der Waals surface area contributed by atoms with E-state index >= 15 is 0 Å². The van der Waals surface area contributed by atoms with Gasteiger partial charge in [-0.3, -0.25) is 9.00 Å². The Hall–Kier alpha value is -1.53. The van der Waals surface area contributed by atoms with Crippen molar-refractivity contribution in [3.8, 4) is 0 Å². The third-order valence-electron chi connectivity index (χ3n) is 3.17. The summed E-state index contributed by atoms with van der Waals surface area (Å²) in [7, 11) is 0.461. The second-order valence-electron chi connectivity index (χ2n) is 5.35. The maximum absolute atomic E-state index is 12.2. The third kappa shape index (κ3) is 4.48. The summed E-state index contributed by atoms with van der Waals surface area (Å²) in [5, 5.41) is 2.97. The number of carbonyl (C=O) groups is 1. The molecule has 2 rings (SSSR count). The Morgan fingerprint density at radius 1 is 1.32 bits per heavy atom. The van der Waals surface area contributed by atoms with Gasteiger partial charge in [-0.1, -0.05) is 32.0 Å². The number of hydrogen-bond donors (Lipinski definition) is 0. The molecule has 1 aromatic carbocycles. The van der Waals surface area contributed by atoms with E-state index < -0.39 is 10.8 Å². The van der Waals surface area contributed by atoms with E-state index in [1.165, 1.54) is 0 Å². The topological polar surface area (TPSA) is 50.3 Å². The van der Waals surface area contributed by atoms with Crippen molar-refractivity contribution in [2.45, 2.75) is 25.5 Å². The van der Waals surface area contributed by atoms with E-state index in [2.05, 4.69) is 18.8 Å². The van der Waals surface area contributed by atoms with Gasteiger partial charge in [0.05, 0.1) is 16.5 Å². The van der Waals surface area contributed by atoms with Crippen LogP contribution >= 0.6 is 11.3 Å². The molecule has 1 amide bonds. The number of thiazole rings is 1. The van der Waals surface area contributed by atoms with Crippen LogP contribution in [0.4, 0.5) is 5.69 Å². The Kier molecular flexibility index (Phi) is 5.85. The van der Waals surface area contributed by atoms with Crippen molar-refractivity contribution in [2.24, 2.45) is 0 Å². The van der Waals surface area contributed by atoms with E-state index in [1.54, 1.807) is 23.3 Å². The molecule has 0 aliphatic heterocycles. The fourth-order valence-electron chi connectivity index (χ4n) is 1.90. The highest BCUT2D eigenvalue weighted by atomic mass is 32.2. The molecular weight excluding hydrogens is 316 g/mol. The lowest BCUT2D eigenvalue weighted by Crippen LogP contribution is -2.31. The predicted octanol–water partition coefficient (Wildman–Crippen LogP) is 3.18. The van der Waals surface area contributed by atoms with Crippen LogP contribution in [0, 0.1) is 0 Å². The molecule has 0 spiro atoms. The second-order valence-corrected chi connectivity index (χ2v) is 7.70. The van der Waals surface area contributed by atoms with E-state index in [1.807, 2.05) is 35.7 Å². The summed E-state index contributed by atoms with van der Waals surface area (Å²) >= 11 is 1.58. The maximum Gasteiger partial charge on any atom is 0.239 e. The minimum atomic E-state index is -1.24. The number of amides is 1. The Morgan fingerprint density at radius 2 is 2.00 bits per heavy atom. The lowest BCUT2D eigenvalue weighted by molar-refractivity contribution is -0.115. The normalized spacial score (nSPS) is 12.4. The molecule has 0 N–H and O–H groups in total. The number of para-hydroxylation sites is 1. The first kappa shape index (κ1) is 16.8. The van der Waals surface area contributed by atoms with E-state index in [-0.39, 0.29) is 11.7 Å². The van der Waals surface area contributed by atoms with E-state index in [0.717, 1.165) is 16.4 Å². The van der Waals surface area contributed by atoms with Crippen LogP contribution in [0.3, 0.4) is 0 Å². The van der Waals surface area contributed by atoms with Gasteiger partial charge in [0.2, 0.25) is 5.91 Å². The van der Waals surface area contributed by atoms with Crippen molar-refractivity contribution in [3.05, 3.63) is 46.4 Å². The summed E-state index contributed by atoms with van der Waals surface area (Å²) in [5.41, 5.74) is 1.61. The number of benzene rings is 1. The fraction of sp³-hybridized carbons (Fsp3) is 0.375. The van der Waals surface area contributed by atoms with Crippen molar-refractivity contribution >= 4 is 33.7 Å². The van der Waals surface area contributed by atoms with Crippen LogP contribution in [0.25, 0.3) is 0 Å². The van der Waals surface area contributed by atoms with Gasteiger partial charge in [-0.25, -0.2) is 4.98 Å². The first-order valence-electron chi connectivity index (χ1n) is 7.08. The molecular formula is C16H20N2O2S2. The molecule has 0 fully saturated rings. The van der Waals surface area contributed by atoms with Crippen LogP contribution in [-0.4, -0.2) is 27.9 Å². The zero-order valence-corrected chi connectivity index (χ0v) is 14.6. The maximum atomic E-state index is 12.2. The highest BCUT2D eigenvalue weighted by Crippen LogP contribution is 2.20. The molecule has 0 aliphatic carbocycles. The van der Waals surface area contributed by atoms with Gasteiger partial charge >= 0.3 is 0 Å². The molecule has 6 heteroatoms. The van der Waals surface area contributed by atoms with Crippen LogP contribution in [0.1, 0.15) is 30.5 Å². The molecule has 2 aromatic rings. The minimum Gasteiger partial charge on any atom is -0.315 e. The molecule has 1 heterocycles. The number of nitrogens with zero attached hydrogens (tertiary/aromatic N) is 2. The van der Waals surface area contributed by atoms with Crippen molar-refractivity contribution in [1.82, 2.24) is 4.98 Å². The molecule has 0 unspecified atom stereocenters. The number of anilines is 1. The molecule has 4 nitrogen and oxygen atoms in total. The molecule has 0 saturated carbocycles. The largest absolute Gasteiger partial charge is 0.315 e. The zero-order valence-electron chi connectivity index (χ0n) is 13.0. The monoisotopic (exact) mass is 336 g/mol. The first-order chi connectivity index (χ1) is 10.5. The Labute approximate surface area is 137 Å². The van der Waals surface area contributed by atoms with E-state index in [0.29, 0.717) is 11.7 Å². The smallest absolute Gasteiger partial charge is 0.239 e. The van der Waals surface area contributed by atoms with Gasteiger partial charge in [0.15, 0.2) is 0 Å². The number of hydrogen-bond acceptors (Lipinski definition) is 4. The molecule has 22 heavy (non-hydrogen) atoms. The number of rotatable bonds is 6. The van der Waals surface area contributed by atoms with Gasteiger partial charge in [-0.15, -0.1) is 11.3 Å². The summed E-state index contributed by atoms with van der Waals surface area (Å²) in [4.78, 5) is 18.2. The lowest BCUT2D eigenvalue weighted by Gasteiger charge is -2.16. The van der Waals surface area contributed by atoms with Crippen LogP contribution in [0.2, 0.25) is 0 Å². The average molecular weight is 336 g/mol. The van der Waals surface area contributed by atoms with E-state index in [9.17, 15) is 9.00 Å². The van der Waals surface area contributed by atoms with Crippen LogP contribution < -0.4 is 4.90 Å². The van der Waals surface area contributed by atoms with Gasteiger partial charge in [-0.2, -0.15) is 0 Å². The third-order valence-corrected chi connectivity index (χ3v) is 5.56. The van der Waals surface area contributed by atoms with Crippen LogP contribution in [0.5, 0.6) is 0 Å². The standard InChI is InChI=1S/C16H20N2O2S2/c1-12(2)16-17-13(9-21-16)10-22(20)11-15(19)18(3)14-7-5-4-6-8-14/h4-9,12H,10-11H2,1-3H3/t22-/m1/s1. The van der Waals surface area contributed by atoms with Crippen LogP contribution in [0.15, 0.2) is 35.7 Å². The Balaban J connectivity index is 1.92. The summed E-state index contributed by atoms with van der Waals surface area (Å²) in [6, 6.07) is 9.36. The summed E-state index contributed by atoms with van der Waals surface area (Å²) in [6.45, 7) is 4.16. The van der Waals surface area contributed by atoms with Crippen molar-refractivity contribution < 1.29 is 9.00 Å². The van der Waals surface area contributed by atoms with Crippen molar-refractivity contribution in [3.63, 3.8) is 0 Å². The van der Waals surface area contributed by atoms with Gasteiger partial charge in [0, 0.05) is 34.8 Å². The predicted molar refractivity (Wildman–Crippen MR) is 92.8 cm³/mol. The SMILES string of the molecule is CC(C)c1nc(C[S@@](=O)CC(=O)N(C)c2ccccc2)cs1. The first-order valence-corrected chi connectivity index (χ1v) is 9.45. The van der Waals surface area contributed by atoms with Gasteiger partial charge in [0.1, 0.15) is 5.75 Å². The molecule has 118 valence electrons. The quantitative estimate of drug-likeness (QED) is 0.814. The van der Waals surface area contributed by atoms with Gasteiger partial charge < -0.3 is 4.90 Å².